The number of sulfonamides is 1. The van der Waals surface area contributed by atoms with E-state index in [1.165, 1.54) is 42.5 Å². The van der Waals surface area contributed by atoms with Gasteiger partial charge >= 0.3 is 0 Å². The molecule has 0 saturated carbocycles. The lowest BCUT2D eigenvalue weighted by molar-refractivity contribution is 0.0981. The summed E-state index contributed by atoms with van der Waals surface area (Å²) in [4.78, 5) is 23.2. The molecule has 0 spiro atoms. The number of hydrogen-bond acceptors (Lipinski definition) is 8. The maximum absolute atomic E-state index is 14.3. The van der Waals surface area contributed by atoms with E-state index < -0.39 is 21.7 Å². The molecule has 3 rings (SSSR count). The quantitative estimate of drug-likeness (QED) is 0.417. The second kappa shape index (κ2) is 11.3. The summed E-state index contributed by atoms with van der Waals surface area (Å²) in [7, 11) is -2.54. The van der Waals surface area contributed by atoms with E-state index in [-0.39, 0.29) is 28.1 Å². The van der Waals surface area contributed by atoms with E-state index in [0.29, 0.717) is 30.2 Å². The van der Waals surface area contributed by atoms with Crippen molar-refractivity contribution in [2.24, 2.45) is 5.92 Å². The third kappa shape index (κ3) is 6.69. The maximum atomic E-state index is 14.3. The van der Waals surface area contributed by atoms with E-state index in [2.05, 4.69) is 9.97 Å². The first-order valence-electron chi connectivity index (χ1n) is 11.5. The topological polar surface area (TPSA) is 128 Å². The highest BCUT2D eigenvalue weighted by Gasteiger charge is 2.24. The van der Waals surface area contributed by atoms with Crippen LogP contribution in [0.2, 0.25) is 0 Å². The van der Waals surface area contributed by atoms with Crippen LogP contribution in [0.5, 0.6) is 5.75 Å². The van der Waals surface area contributed by atoms with Gasteiger partial charge in [0.25, 0.3) is 15.9 Å². The van der Waals surface area contributed by atoms with E-state index in [0.717, 1.165) is 6.42 Å². The summed E-state index contributed by atoms with van der Waals surface area (Å²) in [5, 5.41) is -0.377. The predicted octanol–water partition coefficient (Wildman–Crippen LogP) is 3.86. The lowest BCUT2D eigenvalue weighted by Crippen LogP contribution is -2.33. The first-order valence-corrected chi connectivity index (χ1v) is 12.9. The van der Waals surface area contributed by atoms with Crippen LogP contribution in [0.15, 0.2) is 53.6 Å². The van der Waals surface area contributed by atoms with Crippen molar-refractivity contribution in [3.8, 4) is 17.0 Å². The first kappa shape index (κ1) is 26.9. The fraction of sp³-hybridized carbons (Fsp3) is 0.320. The molecule has 192 valence electrons. The van der Waals surface area contributed by atoms with Gasteiger partial charge in [-0.05, 0) is 48.7 Å². The fourth-order valence-electron chi connectivity index (χ4n) is 3.39. The number of aromatic nitrogens is 2. The van der Waals surface area contributed by atoms with Crippen LogP contribution >= 0.6 is 0 Å². The fourth-order valence-corrected chi connectivity index (χ4v) is 4.33. The third-order valence-corrected chi connectivity index (χ3v) is 6.27. The molecule has 3 aromatic rings. The summed E-state index contributed by atoms with van der Waals surface area (Å²) < 4.78 is 47.4. The van der Waals surface area contributed by atoms with Gasteiger partial charge in [-0.1, -0.05) is 26.8 Å². The molecule has 0 radical (unpaired) electrons. The largest absolute Gasteiger partial charge is 0.493 e. The summed E-state index contributed by atoms with van der Waals surface area (Å²) >= 11 is 0. The Bertz CT molecular complexity index is 1350. The minimum absolute atomic E-state index is 0.00606. The van der Waals surface area contributed by atoms with Gasteiger partial charge in [-0.2, -0.15) is 8.42 Å². The van der Waals surface area contributed by atoms with E-state index in [1.807, 2.05) is 25.5 Å². The van der Waals surface area contributed by atoms with Crippen LogP contribution < -0.4 is 20.1 Å². The zero-order valence-electron chi connectivity index (χ0n) is 20.7. The molecule has 9 nitrogen and oxygen atoms in total. The predicted molar refractivity (Wildman–Crippen MR) is 137 cm³/mol. The number of rotatable bonds is 10. The van der Waals surface area contributed by atoms with Gasteiger partial charge in [-0.15, -0.1) is 0 Å². The maximum Gasteiger partial charge on any atom is 0.281 e. The number of nitrogen functional groups attached to an aromatic ring is 1. The first-order chi connectivity index (χ1) is 17.0. The number of nitrogens with one attached hydrogen (secondary N) is 1. The number of benzene rings is 1. The molecule has 0 unspecified atom stereocenters. The van der Waals surface area contributed by atoms with Crippen molar-refractivity contribution in [3.63, 3.8) is 0 Å². The molecule has 2 heterocycles. The van der Waals surface area contributed by atoms with Gasteiger partial charge in [0.15, 0.2) is 5.03 Å². The number of anilines is 2. The lowest BCUT2D eigenvalue weighted by Gasteiger charge is -2.21. The minimum Gasteiger partial charge on any atom is -0.493 e. The normalized spacial score (nSPS) is 11.4. The van der Waals surface area contributed by atoms with Gasteiger partial charge < -0.3 is 15.4 Å². The molecule has 36 heavy (non-hydrogen) atoms. The van der Waals surface area contributed by atoms with Crippen LogP contribution in [-0.2, 0) is 10.0 Å². The number of carbonyl (C=O) groups is 1. The van der Waals surface area contributed by atoms with Gasteiger partial charge in [0, 0.05) is 25.2 Å². The molecule has 0 atom stereocenters. The Morgan fingerprint density at radius 2 is 1.92 bits per heavy atom. The molecule has 2 aromatic heterocycles. The number of amides is 1. The number of ether oxygens (including phenoxy) is 1. The van der Waals surface area contributed by atoms with Gasteiger partial charge in [0.2, 0.25) is 0 Å². The SMILES string of the molecule is CCCN(C)c1nc(-c2cc(F)cc(OCC(C)C)c2)ccc1C(=O)NS(=O)(=O)c1cccc(N)n1. The number of pyridine rings is 2. The van der Waals surface area contributed by atoms with Gasteiger partial charge in [-0.25, -0.2) is 19.1 Å². The second-order valence-electron chi connectivity index (χ2n) is 8.70. The van der Waals surface area contributed by atoms with E-state index in [1.54, 1.807) is 18.0 Å². The van der Waals surface area contributed by atoms with Crippen LogP contribution in [0, 0.1) is 11.7 Å². The molecular weight excluding hydrogens is 485 g/mol. The average Bonchev–Trinajstić information content (AvgIpc) is 2.82. The van der Waals surface area contributed by atoms with Gasteiger partial charge in [0.05, 0.1) is 17.9 Å². The van der Waals surface area contributed by atoms with Crippen molar-refractivity contribution in [2.45, 2.75) is 32.2 Å². The summed E-state index contributed by atoms with van der Waals surface area (Å²) in [6.45, 7) is 6.91. The zero-order chi connectivity index (χ0) is 26.5. The van der Waals surface area contributed by atoms with Crippen LogP contribution in [0.1, 0.15) is 37.6 Å². The Labute approximate surface area is 210 Å². The van der Waals surface area contributed by atoms with Gasteiger partial charge in [0.1, 0.15) is 23.2 Å². The molecule has 3 N–H and O–H groups in total. The molecule has 0 fully saturated rings. The Morgan fingerprint density at radius 1 is 1.17 bits per heavy atom. The van der Waals surface area contributed by atoms with E-state index >= 15 is 0 Å². The molecule has 1 amide bonds. The zero-order valence-corrected chi connectivity index (χ0v) is 21.5. The molecule has 0 aliphatic rings. The van der Waals surface area contributed by atoms with Crippen LogP contribution in [0.25, 0.3) is 11.3 Å². The summed E-state index contributed by atoms with van der Waals surface area (Å²) in [5.74, 6) is -0.481. The number of nitrogens with two attached hydrogens (primary N) is 1. The van der Waals surface area contributed by atoms with Crippen LogP contribution in [0.4, 0.5) is 16.0 Å². The Morgan fingerprint density at radius 3 is 2.58 bits per heavy atom. The van der Waals surface area contributed by atoms with Gasteiger partial charge in [-0.3, -0.25) is 4.79 Å². The van der Waals surface area contributed by atoms with Crippen molar-refractivity contribution >= 4 is 27.6 Å². The highest BCUT2D eigenvalue weighted by Crippen LogP contribution is 2.28. The number of carbonyl (C=O) groups excluding carboxylic acids is 1. The molecule has 0 aliphatic carbocycles. The molecule has 0 bridgehead atoms. The van der Waals surface area contributed by atoms with Crippen LogP contribution in [-0.4, -0.2) is 44.5 Å². The van der Waals surface area contributed by atoms with Crippen molar-refractivity contribution < 1.29 is 22.3 Å². The Kier molecular flexibility index (Phi) is 8.46. The molecular formula is C25H30FN5O4S. The molecule has 0 aliphatic heterocycles. The summed E-state index contributed by atoms with van der Waals surface area (Å²) in [6, 6.07) is 11.4. The number of hydrogen-bond donors (Lipinski definition) is 2. The van der Waals surface area contributed by atoms with Crippen molar-refractivity contribution in [2.75, 3.05) is 30.8 Å². The van der Waals surface area contributed by atoms with Crippen molar-refractivity contribution in [1.82, 2.24) is 14.7 Å². The second-order valence-corrected chi connectivity index (χ2v) is 10.3. The standard InChI is InChI=1S/C25H30FN5O4S/c1-5-11-31(4)24-20(25(32)30-36(33,34)23-8-6-7-22(27)29-23)9-10-21(28-24)17-12-18(26)14-19(13-17)35-15-16(2)3/h6-10,12-14,16H,5,11,15H2,1-4H3,(H2,27,29)(H,30,32). The third-order valence-electron chi connectivity index (χ3n) is 5.04. The Balaban J connectivity index is 1.99. The van der Waals surface area contributed by atoms with Crippen molar-refractivity contribution in [3.05, 3.63) is 59.9 Å². The Hall–Kier alpha value is -3.73. The van der Waals surface area contributed by atoms with E-state index in [4.69, 9.17) is 10.5 Å². The number of nitrogens with zero attached hydrogens (tertiary/aromatic N) is 3. The summed E-state index contributed by atoms with van der Waals surface area (Å²) in [5.41, 5.74) is 6.48. The number of halogens is 1. The van der Waals surface area contributed by atoms with E-state index in [9.17, 15) is 17.6 Å². The lowest BCUT2D eigenvalue weighted by atomic mass is 10.1. The molecule has 0 saturated heterocycles. The minimum atomic E-state index is -4.27. The molecule has 11 heteroatoms. The highest BCUT2D eigenvalue weighted by molar-refractivity contribution is 7.90. The highest BCUT2D eigenvalue weighted by atomic mass is 32.2. The summed E-state index contributed by atoms with van der Waals surface area (Å²) in [6.07, 6.45) is 0.752. The monoisotopic (exact) mass is 515 g/mol. The smallest absolute Gasteiger partial charge is 0.281 e. The molecule has 1 aromatic carbocycles. The van der Waals surface area contributed by atoms with Crippen LogP contribution in [0.3, 0.4) is 0 Å². The van der Waals surface area contributed by atoms with Crippen molar-refractivity contribution in [1.29, 1.82) is 0 Å². The average molecular weight is 516 g/mol.